The van der Waals surface area contributed by atoms with E-state index in [-0.39, 0.29) is 0 Å². The molecule has 21 heavy (non-hydrogen) atoms. The van der Waals surface area contributed by atoms with Crippen LogP contribution in [-0.4, -0.2) is 44.3 Å². The van der Waals surface area contributed by atoms with Crippen LogP contribution in [-0.2, 0) is 13.6 Å². The molecule has 7 heteroatoms. The lowest BCUT2D eigenvalue weighted by Crippen LogP contribution is -2.48. The van der Waals surface area contributed by atoms with Crippen molar-refractivity contribution in [1.82, 2.24) is 24.6 Å². The maximum absolute atomic E-state index is 5.77. The molecule has 0 spiro atoms. The summed E-state index contributed by atoms with van der Waals surface area (Å²) in [5.41, 5.74) is 2.39. The van der Waals surface area contributed by atoms with Crippen LogP contribution in [0.25, 0.3) is 0 Å². The molecule has 0 saturated carbocycles. The molecular weight excluding hydrogens is 290 g/mol. The molecule has 0 atom stereocenters. The molecule has 3 rings (SSSR count). The number of halogens is 1. The zero-order valence-corrected chi connectivity index (χ0v) is 12.9. The number of hydrogen-bond donors (Lipinski definition) is 0. The van der Waals surface area contributed by atoms with E-state index in [0.717, 1.165) is 25.3 Å². The van der Waals surface area contributed by atoms with Crippen LogP contribution in [0.4, 0.5) is 0 Å². The minimum absolute atomic E-state index is 0.356. The molecule has 1 saturated heterocycles. The summed E-state index contributed by atoms with van der Waals surface area (Å²) in [5.74, 6) is 1.02. The Hall–Kier alpha value is -1.66. The minimum atomic E-state index is 0.356. The van der Waals surface area contributed by atoms with Crippen molar-refractivity contribution < 1.29 is 4.74 Å². The van der Waals surface area contributed by atoms with Crippen LogP contribution in [0.3, 0.4) is 0 Å². The molecule has 1 aliphatic heterocycles. The van der Waals surface area contributed by atoms with Gasteiger partial charge in [-0.25, -0.2) is 0 Å². The SMILES string of the molecule is Cc1nn(C)cc1CN1CC(COc2cncc(Cl)n2)C1. The Morgan fingerprint density at radius 1 is 1.38 bits per heavy atom. The van der Waals surface area contributed by atoms with Gasteiger partial charge < -0.3 is 4.74 Å². The summed E-state index contributed by atoms with van der Waals surface area (Å²) in [7, 11) is 1.95. The molecule has 0 bridgehead atoms. The Labute approximate surface area is 128 Å². The molecule has 1 fully saturated rings. The van der Waals surface area contributed by atoms with E-state index < -0.39 is 0 Å². The summed E-state index contributed by atoms with van der Waals surface area (Å²) >= 11 is 5.77. The van der Waals surface area contributed by atoms with Crippen molar-refractivity contribution in [1.29, 1.82) is 0 Å². The molecule has 0 N–H and O–H groups in total. The molecule has 3 heterocycles. The van der Waals surface area contributed by atoms with Gasteiger partial charge in [-0.2, -0.15) is 10.1 Å². The Kier molecular flexibility index (Phi) is 4.07. The maximum atomic E-state index is 5.77. The van der Waals surface area contributed by atoms with Crippen molar-refractivity contribution in [2.24, 2.45) is 13.0 Å². The van der Waals surface area contributed by atoms with Gasteiger partial charge in [0.05, 0.1) is 24.7 Å². The highest BCUT2D eigenvalue weighted by atomic mass is 35.5. The molecule has 0 amide bonds. The van der Waals surface area contributed by atoms with Crippen LogP contribution in [0, 0.1) is 12.8 Å². The normalized spacial score (nSPS) is 16.0. The number of aromatic nitrogens is 4. The zero-order chi connectivity index (χ0) is 14.8. The van der Waals surface area contributed by atoms with Crippen molar-refractivity contribution in [2.75, 3.05) is 19.7 Å². The van der Waals surface area contributed by atoms with Crippen LogP contribution >= 0.6 is 11.6 Å². The monoisotopic (exact) mass is 307 g/mol. The third-order valence-corrected chi connectivity index (χ3v) is 3.77. The van der Waals surface area contributed by atoms with Crippen molar-refractivity contribution in [3.05, 3.63) is 35.0 Å². The van der Waals surface area contributed by atoms with Crippen molar-refractivity contribution >= 4 is 11.6 Å². The number of ether oxygens (including phenoxy) is 1. The van der Waals surface area contributed by atoms with E-state index in [1.165, 1.54) is 11.8 Å². The number of rotatable bonds is 5. The van der Waals surface area contributed by atoms with E-state index in [2.05, 4.69) is 26.2 Å². The van der Waals surface area contributed by atoms with Crippen LogP contribution in [0.15, 0.2) is 18.6 Å². The van der Waals surface area contributed by atoms with Gasteiger partial charge in [0.2, 0.25) is 5.88 Å². The Morgan fingerprint density at radius 3 is 2.86 bits per heavy atom. The molecule has 0 aromatic carbocycles. The molecule has 6 nitrogen and oxygen atoms in total. The van der Waals surface area contributed by atoms with Gasteiger partial charge in [0.15, 0.2) is 5.15 Å². The second-order valence-electron chi connectivity index (χ2n) is 5.46. The standard InChI is InChI=1S/C14H18ClN5O/c1-10-12(7-19(2)18-10)8-20-5-11(6-20)9-21-14-4-16-3-13(15)17-14/h3-4,7,11H,5-6,8-9H2,1-2H3. The third-order valence-electron chi connectivity index (χ3n) is 3.59. The lowest BCUT2D eigenvalue weighted by atomic mass is 10.0. The van der Waals surface area contributed by atoms with Gasteiger partial charge in [-0.3, -0.25) is 14.6 Å². The van der Waals surface area contributed by atoms with Crippen molar-refractivity contribution in [2.45, 2.75) is 13.5 Å². The van der Waals surface area contributed by atoms with E-state index in [0.29, 0.717) is 23.6 Å². The van der Waals surface area contributed by atoms with Gasteiger partial charge in [-0.15, -0.1) is 0 Å². The topological polar surface area (TPSA) is 56.1 Å². The average molecular weight is 308 g/mol. The van der Waals surface area contributed by atoms with Crippen molar-refractivity contribution in [3.63, 3.8) is 0 Å². The number of nitrogens with zero attached hydrogens (tertiary/aromatic N) is 5. The average Bonchev–Trinajstić information content (AvgIpc) is 2.70. The summed E-state index contributed by atoms with van der Waals surface area (Å²) in [5, 5.41) is 4.72. The van der Waals surface area contributed by atoms with E-state index in [9.17, 15) is 0 Å². The summed E-state index contributed by atoms with van der Waals surface area (Å²) in [6.07, 6.45) is 5.16. The first kappa shape index (κ1) is 14.3. The smallest absolute Gasteiger partial charge is 0.233 e. The quantitative estimate of drug-likeness (QED) is 0.841. The molecule has 0 radical (unpaired) electrons. The van der Waals surface area contributed by atoms with Crippen LogP contribution in [0.2, 0.25) is 5.15 Å². The fourth-order valence-corrected chi connectivity index (χ4v) is 2.69. The van der Waals surface area contributed by atoms with Crippen LogP contribution < -0.4 is 4.74 Å². The summed E-state index contributed by atoms with van der Waals surface area (Å²) in [4.78, 5) is 10.4. The lowest BCUT2D eigenvalue weighted by molar-refractivity contribution is 0.0541. The highest BCUT2D eigenvalue weighted by Crippen LogP contribution is 2.21. The Bertz CT molecular complexity index is 624. The molecule has 2 aromatic heterocycles. The molecule has 112 valence electrons. The van der Waals surface area contributed by atoms with Gasteiger partial charge in [-0.05, 0) is 6.92 Å². The second-order valence-corrected chi connectivity index (χ2v) is 5.85. The first-order valence-electron chi connectivity index (χ1n) is 6.92. The number of likely N-dealkylation sites (tertiary alicyclic amines) is 1. The largest absolute Gasteiger partial charge is 0.476 e. The summed E-state index contributed by atoms with van der Waals surface area (Å²) in [6, 6.07) is 0. The van der Waals surface area contributed by atoms with Gasteiger partial charge in [0, 0.05) is 44.4 Å². The third kappa shape index (κ3) is 3.51. The summed E-state index contributed by atoms with van der Waals surface area (Å²) in [6.45, 7) is 5.71. The molecule has 0 unspecified atom stereocenters. The van der Waals surface area contributed by atoms with Gasteiger partial charge in [0.1, 0.15) is 0 Å². The lowest BCUT2D eigenvalue weighted by Gasteiger charge is -2.38. The zero-order valence-electron chi connectivity index (χ0n) is 12.2. The fraction of sp³-hybridized carbons (Fsp3) is 0.500. The summed E-state index contributed by atoms with van der Waals surface area (Å²) < 4.78 is 7.48. The van der Waals surface area contributed by atoms with Crippen LogP contribution in [0.5, 0.6) is 5.88 Å². The number of aryl methyl sites for hydroxylation is 2. The van der Waals surface area contributed by atoms with E-state index >= 15 is 0 Å². The molecular formula is C14H18ClN5O. The first-order valence-corrected chi connectivity index (χ1v) is 7.30. The Balaban J connectivity index is 1.43. The predicted molar refractivity (Wildman–Crippen MR) is 79.2 cm³/mol. The van der Waals surface area contributed by atoms with Crippen molar-refractivity contribution in [3.8, 4) is 5.88 Å². The molecule has 2 aromatic rings. The van der Waals surface area contributed by atoms with E-state index in [4.69, 9.17) is 16.3 Å². The van der Waals surface area contributed by atoms with Gasteiger partial charge in [0.25, 0.3) is 0 Å². The second kappa shape index (κ2) is 5.99. The van der Waals surface area contributed by atoms with Gasteiger partial charge >= 0.3 is 0 Å². The predicted octanol–water partition coefficient (Wildman–Crippen LogP) is 1.68. The number of hydrogen-bond acceptors (Lipinski definition) is 5. The molecule has 1 aliphatic rings. The maximum Gasteiger partial charge on any atom is 0.233 e. The minimum Gasteiger partial charge on any atom is -0.476 e. The Morgan fingerprint density at radius 2 is 2.19 bits per heavy atom. The first-order chi connectivity index (χ1) is 10.1. The fourth-order valence-electron chi connectivity index (χ4n) is 2.55. The molecule has 0 aliphatic carbocycles. The highest BCUT2D eigenvalue weighted by molar-refractivity contribution is 6.29. The van der Waals surface area contributed by atoms with E-state index in [1.807, 2.05) is 18.7 Å². The van der Waals surface area contributed by atoms with Gasteiger partial charge in [-0.1, -0.05) is 11.6 Å². The van der Waals surface area contributed by atoms with Crippen LogP contribution in [0.1, 0.15) is 11.3 Å². The van der Waals surface area contributed by atoms with E-state index in [1.54, 1.807) is 6.20 Å². The highest BCUT2D eigenvalue weighted by Gasteiger charge is 2.28.